The van der Waals surface area contributed by atoms with E-state index >= 15 is 0 Å². The molecule has 1 amide bonds. The average molecular weight is 545 g/mol. The lowest BCUT2D eigenvalue weighted by molar-refractivity contribution is -0.167. The summed E-state index contributed by atoms with van der Waals surface area (Å²) in [7, 11) is 0. The molecule has 0 radical (unpaired) electrons. The van der Waals surface area contributed by atoms with Crippen LogP contribution in [0.1, 0.15) is 42.5 Å². The minimum Gasteiger partial charge on any atom is -0.382 e. The summed E-state index contributed by atoms with van der Waals surface area (Å²) >= 11 is 0. The topological polar surface area (TPSA) is 51.1 Å². The molecular formula is C36H36N2O3. The molecule has 5 heteroatoms. The van der Waals surface area contributed by atoms with Crippen molar-refractivity contribution in [2.75, 3.05) is 0 Å². The summed E-state index contributed by atoms with van der Waals surface area (Å²) in [4.78, 5) is 22.7. The molecule has 0 bridgehead atoms. The zero-order chi connectivity index (χ0) is 28.3. The Labute approximate surface area is 242 Å². The number of rotatable bonds is 8. The first-order valence-corrected chi connectivity index (χ1v) is 14.4. The maximum absolute atomic E-state index is 14.8. The van der Waals surface area contributed by atoms with E-state index in [1.807, 2.05) is 89.8 Å². The van der Waals surface area contributed by atoms with Gasteiger partial charge < -0.3 is 14.5 Å². The summed E-state index contributed by atoms with van der Waals surface area (Å²) in [5.41, 5.74) is 3.63. The zero-order valence-electron chi connectivity index (χ0n) is 23.6. The molecule has 0 saturated carbocycles. The Kier molecular flexibility index (Phi) is 7.46. The van der Waals surface area contributed by atoms with Crippen LogP contribution < -0.4 is 0 Å². The summed E-state index contributed by atoms with van der Waals surface area (Å²) in [6.45, 7) is 4.22. The highest BCUT2D eigenvalue weighted by molar-refractivity contribution is 6.04. The maximum Gasteiger partial charge on any atom is 0.269 e. The van der Waals surface area contributed by atoms with Gasteiger partial charge in [-0.3, -0.25) is 4.79 Å². The highest BCUT2D eigenvalue weighted by atomic mass is 16.6. The van der Waals surface area contributed by atoms with Crippen LogP contribution in [-0.4, -0.2) is 40.0 Å². The Morgan fingerprint density at radius 3 is 1.78 bits per heavy atom. The van der Waals surface area contributed by atoms with Crippen LogP contribution in [-0.2, 0) is 33.6 Å². The lowest BCUT2D eigenvalue weighted by Gasteiger charge is -2.40. The summed E-state index contributed by atoms with van der Waals surface area (Å²) in [5.74, 6) is -0.0851. The van der Waals surface area contributed by atoms with Gasteiger partial charge in [-0.1, -0.05) is 126 Å². The number of nitrogens with zero attached hydrogens (tertiary/aromatic N) is 2. The molecule has 5 nitrogen and oxygen atoms in total. The second-order valence-electron chi connectivity index (χ2n) is 11.6. The average Bonchev–Trinajstić information content (AvgIpc) is 3.56. The first-order valence-electron chi connectivity index (χ1n) is 14.4. The van der Waals surface area contributed by atoms with Crippen molar-refractivity contribution in [2.24, 2.45) is 5.16 Å². The van der Waals surface area contributed by atoms with Gasteiger partial charge in [-0.2, -0.15) is 0 Å². The monoisotopic (exact) mass is 544 g/mol. The van der Waals surface area contributed by atoms with Crippen molar-refractivity contribution in [3.05, 3.63) is 144 Å². The molecule has 0 aromatic heterocycles. The summed E-state index contributed by atoms with van der Waals surface area (Å²) < 4.78 is 7.15. The van der Waals surface area contributed by atoms with Gasteiger partial charge in [-0.05, 0) is 42.5 Å². The highest BCUT2D eigenvalue weighted by Crippen LogP contribution is 2.45. The summed E-state index contributed by atoms with van der Waals surface area (Å²) in [6, 6.07) is 40.7. The first kappa shape index (κ1) is 27.0. The fraction of sp³-hybridized carbons (Fsp3) is 0.278. The van der Waals surface area contributed by atoms with E-state index in [4.69, 9.17) is 9.57 Å². The molecule has 0 unspecified atom stereocenters. The molecule has 0 N–H and O–H groups in total. The Balaban J connectivity index is 1.42. The zero-order valence-corrected chi connectivity index (χ0v) is 23.6. The molecule has 2 aliphatic heterocycles. The second-order valence-corrected chi connectivity index (χ2v) is 11.6. The van der Waals surface area contributed by atoms with Gasteiger partial charge in [0.1, 0.15) is 0 Å². The Bertz CT molecular complexity index is 1450. The SMILES string of the molecule is CC1(C)OC(Cc2ccccc2)(Cc2ccccc2)N(C(=O)[C@H]2CC(c3ccccc3)=NO2)[C@@H]1Cc1ccccc1. The second kappa shape index (κ2) is 11.3. The molecule has 2 heterocycles. The van der Waals surface area contributed by atoms with Crippen molar-refractivity contribution in [3.63, 3.8) is 0 Å². The van der Waals surface area contributed by atoms with E-state index < -0.39 is 17.4 Å². The fourth-order valence-electron chi connectivity index (χ4n) is 6.33. The molecule has 0 spiro atoms. The number of oxime groups is 1. The normalized spacial score (nSPS) is 20.8. The molecule has 2 aliphatic rings. The van der Waals surface area contributed by atoms with Gasteiger partial charge in [0.15, 0.2) is 5.72 Å². The van der Waals surface area contributed by atoms with Crippen LogP contribution in [0.15, 0.2) is 126 Å². The van der Waals surface area contributed by atoms with Crippen molar-refractivity contribution < 1.29 is 14.4 Å². The van der Waals surface area contributed by atoms with E-state index in [0.717, 1.165) is 28.0 Å². The van der Waals surface area contributed by atoms with Crippen molar-refractivity contribution in [3.8, 4) is 0 Å². The molecule has 6 rings (SSSR count). The van der Waals surface area contributed by atoms with Crippen molar-refractivity contribution in [2.45, 2.75) is 63.0 Å². The van der Waals surface area contributed by atoms with Crippen LogP contribution in [0.3, 0.4) is 0 Å². The van der Waals surface area contributed by atoms with Gasteiger partial charge in [0, 0.05) is 19.3 Å². The predicted octanol–water partition coefficient (Wildman–Crippen LogP) is 6.61. The van der Waals surface area contributed by atoms with Crippen LogP contribution in [0.4, 0.5) is 0 Å². The van der Waals surface area contributed by atoms with E-state index in [-0.39, 0.29) is 11.9 Å². The molecular weight excluding hydrogens is 508 g/mol. The van der Waals surface area contributed by atoms with Crippen LogP contribution in [0.5, 0.6) is 0 Å². The van der Waals surface area contributed by atoms with E-state index in [1.54, 1.807) is 0 Å². The number of hydrogen-bond donors (Lipinski definition) is 0. The third-order valence-corrected chi connectivity index (χ3v) is 8.21. The summed E-state index contributed by atoms with van der Waals surface area (Å²) in [5, 5.41) is 4.37. The van der Waals surface area contributed by atoms with Gasteiger partial charge >= 0.3 is 0 Å². The third-order valence-electron chi connectivity index (χ3n) is 8.21. The van der Waals surface area contributed by atoms with E-state index in [2.05, 4.69) is 55.4 Å². The number of carbonyl (C=O) groups is 1. The van der Waals surface area contributed by atoms with Crippen LogP contribution >= 0.6 is 0 Å². The van der Waals surface area contributed by atoms with Crippen molar-refractivity contribution in [1.29, 1.82) is 0 Å². The van der Waals surface area contributed by atoms with Crippen molar-refractivity contribution in [1.82, 2.24) is 4.90 Å². The number of amides is 1. The lowest BCUT2D eigenvalue weighted by atomic mass is 9.89. The van der Waals surface area contributed by atoms with Gasteiger partial charge in [0.25, 0.3) is 5.91 Å². The number of hydrogen-bond acceptors (Lipinski definition) is 4. The smallest absolute Gasteiger partial charge is 0.269 e. The highest BCUT2D eigenvalue weighted by Gasteiger charge is 2.59. The Hall–Kier alpha value is -4.22. The number of benzene rings is 4. The molecule has 4 aromatic rings. The molecule has 41 heavy (non-hydrogen) atoms. The summed E-state index contributed by atoms with van der Waals surface area (Å²) in [6.07, 6.45) is 1.49. The predicted molar refractivity (Wildman–Crippen MR) is 161 cm³/mol. The van der Waals surface area contributed by atoms with Gasteiger partial charge in [-0.25, -0.2) is 0 Å². The minimum absolute atomic E-state index is 0.0851. The van der Waals surface area contributed by atoms with E-state index in [1.165, 1.54) is 0 Å². The molecule has 2 atom stereocenters. The number of ether oxygens (including phenoxy) is 1. The van der Waals surface area contributed by atoms with Crippen LogP contribution in [0.25, 0.3) is 0 Å². The third kappa shape index (κ3) is 5.68. The minimum atomic E-state index is -0.915. The van der Waals surface area contributed by atoms with Crippen LogP contribution in [0, 0.1) is 0 Å². The first-order chi connectivity index (χ1) is 19.9. The fourth-order valence-corrected chi connectivity index (χ4v) is 6.33. The van der Waals surface area contributed by atoms with Gasteiger partial charge in [-0.15, -0.1) is 0 Å². The van der Waals surface area contributed by atoms with Crippen molar-refractivity contribution >= 4 is 11.6 Å². The van der Waals surface area contributed by atoms with Crippen LogP contribution in [0.2, 0.25) is 0 Å². The Morgan fingerprint density at radius 2 is 1.24 bits per heavy atom. The maximum atomic E-state index is 14.8. The molecule has 4 aromatic carbocycles. The molecule has 1 saturated heterocycles. The molecule has 1 fully saturated rings. The van der Waals surface area contributed by atoms with Gasteiger partial charge in [0.2, 0.25) is 6.10 Å². The Morgan fingerprint density at radius 1 is 0.756 bits per heavy atom. The molecule has 208 valence electrons. The molecule has 0 aliphatic carbocycles. The standard InChI is InChI=1S/C36H36N2O3/c1-35(2)33(23-27-15-7-3-8-16-27)38(34(39)32-24-31(37-40-32)30-21-13-6-14-22-30)36(41-35,25-28-17-9-4-10-18-28)26-29-19-11-5-12-20-29/h3-22,32-33H,23-26H2,1-2H3/t32-,33-/m1/s1. The number of carbonyl (C=O) groups excluding carboxylic acids is 1. The quantitative estimate of drug-likeness (QED) is 0.251. The van der Waals surface area contributed by atoms with Gasteiger partial charge in [0.05, 0.1) is 17.4 Å². The van der Waals surface area contributed by atoms with E-state index in [0.29, 0.717) is 25.7 Å². The largest absolute Gasteiger partial charge is 0.382 e. The lowest BCUT2D eigenvalue weighted by Crippen LogP contribution is -2.58. The van der Waals surface area contributed by atoms with E-state index in [9.17, 15) is 4.79 Å².